The molecule has 16 nitrogen and oxygen atoms in total. The molecule has 0 radical (unpaired) electrons. The van der Waals surface area contributed by atoms with Crippen LogP contribution in [0.15, 0.2) is 267 Å². The fourth-order valence-electron chi connectivity index (χ4n) is 11.1. The van der Waals surface area contributed by atoms with Gasteiger partial charge in [-0.3, -0.25) is 0 Å². The Morgan fingerprint density at radius 1 is 0.248 bits per heavy atom. The van der Waals surface area contributed by atoms with Gasteiger partial charge in [0.2, 0.25) is 0 Å². The third kappa shape index (κ3) is 49.8. The van der Waals surface area contributed by atoms with Gasteiger partial charge in [0.25, 0.3) is 0 Å². The quantitative estimate of drug-likeness (QED) is 0.0167. The summed E-state index contributed by atoms with van der Waals surface area (Å²) in [7, 11) is 0. The predicted molar refractivity (Wildman–Crippen MR) is 510 cm³/mol. The third-order valence-electron chi connectivity index (χ3n) is 17.6. The van der Waals surface area contributed by atoms with Crippen LogP contribution in [0.25, 0.3) is 0 Å². The Morgan fingerprint density at radius 2 is 0.496 bits per heavy atom. The molecule has 0 bridgehead atoms. The molecule has 0 saturated carbocycles. The van der Waals surface area contributed by atoms with E-state index in [9.17, 15) is 0 Å². The van der Waals surface area contributed by atoms with E-state index in [1.807, 2.05) is 116 Å². The standard InChI is InChI=1S/C17H22N2.C17H21NO.C11H18N2.C11H17NO.C10H15N.C9H14N2.C9H13NO.C8H12N2.C8H11N.CH4/c2*1-2-3-14-4-8-16(9-5-14)19-17-10-6-15(7-11-17)12-13-18;2*1-2-3-10-4-6-11(7-5-10)13-9-8-12;1-2-3-4-9-5-7-10(11)8-6-9;2*1-8-2-4-9(5-3-8)11-7-6-10;9-6-5-7-1-3-8(10)4-2-7;1-2-7-3-5-8(9)6-4-7;/h4-11,19H,2-3,12-13,18H2,1H3;4-11H,2-3,12-13,18H2,1H3;4-7,13H,2-3,8-9,12H2,1H3;4-7H,2-3,8-9,12H2,1H3;5-8H,2-4,11H2,1H3;2-5,11H,6-7,10H2,1H3;2-5H,6-7,10H2,1H3;1-4H,5-6,9-10H2;3-6H,2,9H2,1H3;1H4. The van der Waals surface area contributed by atoms with Crippen LogP contribution in [0.3, 0.4) is 0 Å². The molecule has 0 heterocycles. The zero-order valence-electron chi connectivity index (χ0n) is 71.3. The second-order valence-electron chi connectivity index (χ2n) is 27.9. The lowest BCUT2D eigenvalue weighted by Crippen LogP contribution is -2.12. The maximum atomic E-state index is 5.81. The number of nitrogens with two attached hydrogens (primary N) is 10. The van der Waals surface area contributed by atoms with Crippen LogP contribution < -0.4 is 87.5 Å². The van der Waals surface area contributed by atoms with Crippen LogP contribution >= 0.6 is 0 Å². The number of nitrogens with one attached hydrogen (secondary N) is 3. The van der Waals surface area contributed by atoms with Crippen molar-refractivity contribution in [2.45, 2.75) is 159 Å². The molecule has 117 heavy (non-hydrogen) atoms. The van der Waals surface area contributed by atoms with Gasteiger partial charge in [0.1, 0.15) is 36.2 Å². The highest BCUT2D eigenvalue weighted by Gasteiger charge is 2.03. The monoisotopic (exact) mass is 1590 g/mol. The van der Waals surface area contributed by atoms with E-state index in [2.05, 4.69) is 222 Å². The highest BCUT2D eigenvalue weighted by Crippen LogP contribution is 2.24. The molecule has 0 aliphatic carbocycles. The summed E-state index contributed by atoms with van der Waals surface area (Å²) >= 11 is 0. The molecule has 0 fully saturated rings. The minimum Gasteiger partial charge on any atom is -0.492 e. The lowest BCUT2D eigenvalue weighted by atomic mass is 10.1. The van der Waals surface area contributed by atoms with Crippen LogP contribution in [-0.4, -0.2) is 72.1 Å². The van der Waals surface area contributed by atoms with Crippen LogP contribution in [0, 0.1) is 13.8 Å². The number of hydrogen-bond acceptors (Lipinski definition) is 16. The van der Waals surface area contributed by atoms with E-state index in [0.29, 0.717) is 59.0 Å². The Hall–Kier alpha value is -10.7. The molecule has 0 atom stereocenters. The van der Waals surface area contributed by atoms with Gasteiger partial charge in [-0.1, -0.05) is 226 Å². The summed E-state index contributed by atoms with van der Waals surface area (Å²) < 4.78 is 16.5. The van der Waals surface area contributed by atoms with E-state index in [1.54, 1.807) is 0 Å². The molecule has 634 valence electrons. The van der Waals surface area contributed by atoms with Gasteiger partial charge >= 0.3 is 0 Å². The Morgan fingerprint density at radius 3 is 0.778 bits per heavy atom. The summed E-state index contributed by atoms with van der Waals surface area (Å²) in [6.45, 7) is 24.6. The van der Waals surface area contributed by atoms with Crippen molar-refractivity contribution in [3.8, 4) is 23.0 Å². The normalized spacial score (nSPS) is 9.91. The Kier molecular flexibility index (Phi) is 58.2. The number of unbranched alkanes of at least 4 members (excludes halogenated alkanes) is 1. The van der Waals surface area contributed by atoms with Gasteiger partial charge in [0.05, 0.1) is 0 Å². The molecule has 11 rings (SSSR count). The van der Waals surface area contributed by atoms with Crippen LogP contribution in [0.5, 0.6) is 23.0 Å². The molecule has 0 aliphatic heterocycles. The average molecular weight is 1590 g/mol. The van der Waals surface area contributed by atoms with Crippen molar-refractivity contribution < 1.29 is 14.2 Å². The van der Waals surface area contributed by atoms with Crippen molar-refractivity contribution >= 4 is 39.8 Å². The predicted octanol–water partition coefficient (Wildman–Crippen LogP) is 20.3. The van der Waals surface area contributed by atoms with Gasteiger partial charge in [-0.15, -0.1) is 0 Å². The molecule has 11 aromatic rings. The van der Waals surface area contributed by atoms with Gasteiger partial charge in [-0.2, -0.15) is 0 Å². The van der Waals surface area contributed by atoms with E-state index >= 15 is 0 Å². The topological polar surface area (TPSA) is 324 Å². The summed E-state index contributed by atoms with van der Waals surface area (Å²) in [6.07, 6.45) is 16.9. The molecular weight excluding hydrogens is 1440 g/mol. The maximum Gasteiger partial charge on any atom is 0.127 e. The third-order valence-corrected chi connectivity index (χ3v) is 17.6. The average Bonchev–Trinajstić information content (AvgIpc) is 0.892. The van der Waals surface area contributed by atoms with Crippen LogP contribution in [-0.2, 0) is 57.8 Å². The first-order valence-electron chi connectivity index (χ1n) is 41.8. The van der Waals surface area contributed by atoms with Gasteiger partial charge in [-0.25, -0.2) is 0 Å². The van der Waals surface area contributed by atoms with Crippen LogP contribution in [0.1, 0.15) is 149 Å². The second-order valence-corrected chi connectivity index (χ2v) is 27.9. The summed E-state index contributed by atoms with van der Waals surface area (Å²) in [6, 6.07) is 90.4. The number of anilines is 7. The Bertz CT molecular complexity index is 3730. The first-order chi connectivity index (χ1) is 56.5. The number of nitrogen functional groups attached to an aromatic ring is 3. The van der Waals surface area contributed by atoms with Crippen molar-refractivity contribution in [3.63, 3.8) is 0 Å². The van der Waals surface area contributed by atoms with E-state index < -0.39 is 0 Å². The van der Waals surface area contributed by atoms with Crippen molar-refractivity contribution in [2.75, 3.05) is 105 Å². The second kappa shape index (κ2) is 66.5. The fourth-order valence-corrected chi connectivity index (χ4v) is 11.1. The summed E-state index contributed by atoms with van der Waals surface area (Å²) in [5.74, 6) is 3.54. The molecule has 0 unspecified atom stereocenters. The Balaban J connectivity index is 0.000000451. The Labute approximate surface area is 705 Å². The van der Waals surface area contributed by atoms with Crippen molar-refractivity contribution in [1.29, 1.82) is 0 Å². The van der Waals surface area contributed by atoms with Crippen molar-refractivity contribution in [2.24, 2.45) is 40.1 Å². The molecule has 0 amide bonds. The fraction of sp³-hybridized carbons (Fsp3) is 0.347. The number of aryl methyl sites for hydroxylation is 8. The van der Waals surface area contributed by atoms with Crippen molar-refractivity contribution in [3.05, 3.63) is 328 Å². The molecule has 0 aromatic heterocycles. The highest BCUT2D eigenvalue weighted by molar-refractivity contribution is 5.60. The number of hydrogen-bond donors (Lipinski definition) is 13. The molecule has 23 N–H and O–H groups in total. The van der Waals surface area contributed by atoms with Gasteiger partial charge < -0.3 is 87.5 Å². The summed E-state index contributed by atoms with van der Waals surface area (Å²) in [5.41, 5.74) is 75.9. The zero-order valence-corrected chi connectivity index (χ0v) is 71.3. The summed E-state index contributed by atoms with van der Waals surface area (Å²) in [5, 5.41) is 9.85. The molecule has 16 heteroatoms. The maximum absolute atomic E-state index is 5.81. The zero-order chi connectivity index (χ0) is 84.4. The number of rotatable bonds is 34. The minimum absolute atomic E-state index is 0. The van der Waals surface area contributed by atoms with E-state index in [4.69, 9.17) is 71.5 Å². The van der Waals surface area contributed by atoms with Crippen LogP contribution in [0.4, 0.5) is 39.8 Å². The molecule has 11 aromatic carbocycles. The van der Waals surface area contributed by atoms with Gasteiger partial charge in [0, 0.05) is 79.1 Å². The van der Waals surface area contributed by atoms with Crippen molar-refractivity contribution in [1.82, 2.24) is 0 Å². The lowest BCUT2D eigenvalue weighted by molar-refractivity contribution is 0.328. The smallest absolute Gasteiger partial charge is 0.127 e. The number of benzene rings is 11. The number of ether oxygens (including phenoxy) is 3. The van der Waals surface area contributed by atoms with E-state index in [0.717, 1.165) is 127 Å². The van der Waals surface area contributed by atoms with E-state index in [1.165, 1.54) is 106 Å². The first kappa shape index (κ1) is 102. The largest absolute Gasteiger partial charge is 0.492 e. The van der Waals surface area contributed by atoms with Gasteiger partial charge in [0.15, 0.2) is 0 Å². The molecule has 0 aliphatic rings. The molecular formula is C101H147N13O3. The molecule has 0 saturated heterocycles. The SMILES string of the molecule is C.CCCCc1ccc(N)cc1.CCCc1ccc(NCCN)cc1.CCCc1ccc(Nc2ccc(CCN)cc2)cc1.CCCc1ccc(OCCN)cc1.CCCc1ccc(Oc2ccc(CCN)cc2)cc1.CCc1ccc(N)cc1.Cc1ccc(NCCN)cc1.Cc1ccc(OCCN)cc1.NCCc1ccc(N)cc1. The first-order valence-corrected chi connectivity index (χ1v) is 41.8. The highest BCUT2D eigenvalue weighted by atomic mass is 16.5. The minimum atomic E-state index is 0. The summed E-state index contributed by atoms with van der Waals surface area (Å²) in [4.78, 5) is 0. The van der Waals surface area contributed by atoms with E-state index in [-0.39, 0.29) is 7.43 Å². The molecule has 0 spiro atoms. The van der Waals surface area contributed by atoms with Gasteiger partial charge in [-0.05, 0) is 281 Å². The van der Waals surface area contributed by atoms with Crippen LogP contribution in [0.2, 0.25) is 0 Å². The lowest BCUT2D eigenvalue weighted by Gasteiger charge is -2.08.